The second kappa shape index (κ2) is 7.15. The average molecular weight is 402 g/mol. The van der Waals surface area contributed by atoms with Crippen LogP contribution in [-0.4, -0.2) is 51.1 Å². The Morgan fingerprint density at radius 1 is 1.31 bits per heavy atom. The molecule has 2 heterocycles. The molecule has 1 saturated heterocycles. The fourth-order valence-corrected chi connectivity index (χ4v) is 5.16. The molecule has 1 aromatic heterocycles. The van der Waals surface area contributed by atoms with Gasteiger partial charge in [0.05, 0.1) is 18.3 Å². The van der Waals surface area contributed by atoms with Crippen LogP contribution in [0.4, 0.5) is 8.78 Å². The van der Waals surface area contributed by atoms with Gasteiger partial charge in [-0.3, -0.25) is 9.69 Å². The van der Waals surface area contributed by atoms with E-state index in [1.807, 2.05) is 0 Å². The van der Waals surface area contributed by atoms with Gasteiger partial charge in [-0.1, -0.05) is 19.1 Å². The maximum Gasteiger partial charge on any atom is 0.195 e. The number of Topliss-reactive ketones (excluding diaryl/α,β-unsaturated/α-hetero) is 1. The zero-order valence-corrected chi connectivity index (χ0v) is 16.2. The molecule has 0 radical (unpaired) electrons. The maximum absolute atomic E-state index is 14.0. The number of ketones is 1. The van der Waals surface area contributed by atoms with E-state index in [0.29, 0.717) is 31.6 Å². The highest BCUT2D eigenvalue weighted by atomic mass is 19.2. The summed E-state index contributed by atoms with van der Waals surface area (Å²) in [7, 11) is 0. The van der Waals surface area contributed by atoms with Crippen molar-refractivity contribution in [2.75, 3.05) is 19.6 Å². The number of fused-ring (bicyclic) bond motifs is 1. The summed E-state index contributed by atoms with van der Waals surface area (Å²) in [4.78, 5) is 18.5. The minimum atomic E-state index is -1.08. The number of carbonyl (C=O) groups is 1. The fourth-order valence-electron chi connectivity index (χ4n) is 5.16. The molecule has 7 heteroatoms. The van der Waals surface area contributed by atoms with Gasteiger partial charge in [0, 0.05) is 19.5 Å². The van der Waals surface area contributed by atoms with Crippen LogP contribution < -0.4 is 0 Å². The SMILES string of the molecule is CC12CN(CC(=O)c3ccc(O)cn3)CC1CC(O)(Cc1cccc(F)c1F)C2. The third-order valence-electron chi connectivity index (χ3n) is 6.36. The van der Waals surface area contributed by atoms with Gasteiger partial charge >= 0.3 is 0 Å². The lowest BCUT2D eigenvalue weighted by atomic mass is 9.82. The van der Waals surface area contributed by atoms with E-state index in [1.165, 1.54) is 30.5 Å². The van der Waals surface area contributed by atoms with Crippen molar-refractivity contribution in [2.45, 2.75) is 31.8 Å². The Bertz CT molecular complexity index is 936. The molecule has 3 atom stereocenters. The van der Waals surface area contributed by atoms with E-state index >= 15 is 0 Å². The van der Waals surface area contributed by atoms with Crippen molar-refractivity contribution >= 4 is 5.78 Å². The first-order valence-corrected chi connectivity index (χ1v) is 9.73. The van der Waals surface area contributed by atoms with E-state index < -0.39 is 17.2 Å². The number of hydrogen-bond donors (Lipinski definition) is 2. The molecule has 2 aliphatic rings. The number of hydrogen-bond acceptors (Lipinski definition) is 5. The number of rotatable bonds is 5. The number of halogens is 2. The molecule has 0 bridgehead atoms. The Hall–Kier alpha value is -2.38. The van der Waals surface area contributed by atoms with Crippen LogP contribution in [0, 0.1) is 23.0 Å². The molecular weight excluding hydrogens is 378 g/mol. The van der Waals surface area contributed by atoms with Crippen LogP contribution in [0.3, 0.4) is 0 Å². The Morgan fingerprint density at radius 2 is 2.10 bits per heavy atom. The third kappa shape index (κ3) is 3.89. The lowest BCUT2D eigenvalue weighted by molar-refractivity contribution is 0.0282. The molecule has 5 nitrogen and oxygen atoms in total. The zero-order chi connectivity index (χ0) is 20.8. The molecule has 0 amide bonds. The summed E-state index contributed by atoms with van der Waals surface area (Å²) in [6.07, 6.45) is 2.29. The molecule has 2 fully saturated rings. The first kappa shape index (κ1) is 19.9. The predicted octanol–water partition coefficient (Wildman–Crippen LogP) is 2.95. The summed E-state index contributed by atoms with van der Waals surface area (Å²) in [5, 5.41) is 20.4. The molecule has 4 rings (SSSR count). The van der Waals surface area contributed by atoms with Gasteiger partial charge < -0.3 is 10.2 Å². The number of aliphatic hydroxyl groups is 1. The van der Waals surface area contributed by atoms with E-state index in [2.05, 4.69) is 16.8 Å². The van der Waals surface area contributed by atoms with E-state index in [-0.39, 0.29) is 41.4 Å². The van der Waals surface area contributed by atoms with Gasteiger partial charge in [0.2, 0.25) is 0 Å². The molecule has 154 valence electrons. The summed E-state index contributed by atoms with van der Waals surface area (Å²) in [6, 6.07) is 6.99. The minimum Gasteiger partial charge on any atom is -0.506 e. The molecule has 29 heavy (non-hydrogen) atoms. The normalized spacial score (nSPS) is 29.2. The highest BCUT2D eigenvalue weighted by molar-refractivity contribution is 5.95. The van der Waals surface area contributed by atoms with Crippen molar-refractivity contribution in [3.05, 3.63) is 59.4 Å². The molecule has 1 saturated carbocycles. The predicted molar refractivity (Wildman–Crippen MR) is 103 cm³/mol. The van der Waals surface area contributed by atoms with Gasteiger partial charge in [0.25, 0.3) is 0 Å². The molecule has 0 spiro atoms. The van der Waals surface area contributed by atoms with Crippen molar-refractivity contribution in [1.29, 1.82) is 0 Å². The topological polar surface area (TPSA) is 73.7 Å². The Balaban J connectivity index is 1.41. The summed E-state index contributed by atoms with van der Waals surface area (Å²) < 4.78 is 27.6. The van der Waals surface area contributed by atoms with Gasteiger partial charge in [0.15, 0.2) is 17.4 Å². The number of pyridine rings is 1. The number of carbonyl (C=O) groups excluding carboxylic acids is 1. The van der Waals surface area contributed by atoms with E-state index in [0.717, 1.165) is 6.07 Å². The first-order valence-electron chi connectivity index (χ1n) is 9.73. The van der Waals surface area contributed by atoms with E-state index in [1.54, 1.807) is 0 Å². The Kier molecular flexibility index (Phi) is 4.91. The summed E-state index contributed by atoms with van der Waals surface area (Å²) in [5.74, 6) is -1.73. The smallest absolute Gasteiger partial charge is 0.195 e. The van der Waals surface area contributed by atoms with Crippen molar-refractivity contribution < 1.29 is 23.8 Å². The standard InChI is InChI=1S/C22H24F2N2O3/c1-21-12-22(29,7-14-3-2-4-17(23)20(14)24)8-15(21)10-26(13-21)11-19(28)18-6-5-16(27)9-25-18/h2-6,9,15,27,29H,7-8,10-13H2,1H3. The van der Waals surface area contributed by atoms with E-state index in [9.17, 15) is 23.8 Å². The maximum atomic E-state index is 14.0. The van der Waals surface area contributed by atoms with Crippen molar-refractivity contribution in [3.63, 3.8) is 0 Å². The molecule has 1 aliphatic heterocycles. The average Bonchev–Trinajstić information content (AvgIpc) is 3.06. The number of likely N-dealkylation sites (tertiary alicyclic amines) is 1. The lowest BCUT2D eigenvalue weighted by Crippen LogP contribution is -2.36. The zero-order valence-electron chi connectivity index (χ0n) is 16.2. The third-order valence-corrected chi connectivity index (χ3v) is 6.36. The quantitative estimate of drug-likeness (QED) is 0.753. The number of nitrogens with zero attached hydrogens (tertiary/aromatic N) is 2. The van der Waals surface area contributed by atoms with Crippen LogP contribution in [0.1, 0.15) is 35.8 Å². The van der Waals surface area contributed by atoms with Crippen LogP contribution in [0.15, 0.2) is 36.5 Å². The Morgan fingerprint density at radius 3 is 2.79 bits per heavy atom. The first-order chi connectivity index (χ1) is 13.7. The van der Waals surface area contributed by atoms with Gasteiger partial charge in [-0.2, -0.15) is 0 Å². The highest BCUT2D eigenvalue weighted by Gasteiger charge is 2.55. The van der Waals surface area contributed by atoms with Crippen LogP contribution in [0.5, 0.6) is 5.75 Å². The van der Waals surface area contributed by atoms with Crippen LogP contribution in [0.2, 0.25) is 0 Å². The second-order valence-electron chi connectivity index (χ2n) is 8.84. The fraction of sp³-hybridized carbons (Fsp3) is 0.455. The summed E-state index contributed by atoms with van der Waals surface area (Å²) in [6.45, 7) is 3.62. The monoisotopic (exact) mass is 402 g/mol. The van der Waals surface area contributed by atoms with Crippen molar-refractivity contribution in [3.8, 4) is 5.75 Å². The number of aromatic nitrogens is 1. The van der Waals surface area contributed by atoms with Gasteiger partial charge in [-0.05, 0) is 47.9 Å². The van der Waals surface area contributed by atoms with Gasteiger partial charge in [0.1, 0.15) is 11.4 Å². The summed E-state index contributed by atoms with van der Waals surface area (Å²) >= 11 is 0. The largest absolute Gasteiger partial charge is 0.506 e. The van der Waals surface area contributed by atoms with Gasteiger partial charge in [-0.15, -0.1) is 0 Å². The molecule has 3 unspecified atom stereocenters. The Labute approximate surface area is 168 Å². The molecular formula is C22H24F2N2O3. The highest BCUT2D eigenvalue weighted by Crippen LogP contribution is 2.53. The minimum absolute atomic E-state index is 0.0128. The van der Waals surface area contributed by atoms with Crippen LogP contribution in [-0.2, 0) is 6.42 Å². The van der Waals surface area contributed by atoms with Crippen molar-refractivity contribution in [1.82, 2.24) is 9.88 Å². The number of benzene rings is 1. The van der Waals surface area contributed by atoms with Crippen LogP contribution in [0.25, 0.3) is 0 Å². The molecule has 2 N–H and O–H groups in total. The van der Waals surface area contributed by atoms with Gasteiger partial charge in [-0.25, -0.2) is 13.8 Å². The van der Waals surface area contributed by atoms with Crippen molar-refractivity contribution in [2.24, 2.45) is 11.3 Å². The molecule has 2 aromatic rings. The number of aromatic hydroxyl groups is 1. The second-order valence-corrected chi connectivity index (χ2v) is 8.84. The lowest BCUT2D eigenvalue weighted by Gasteiger charge is -2.29. The van der Waals surface area contributed by atoms with Crippen LogP contribution >= 0.6 is 0 Å². The molecule has 1 aromatic carbocycles. The molecule has 1 aliphatic carbocycles. The van der Waals surface area contributed by atoms with E-state index in [4.69, 9.17) is 0 Å². The summed E-state index contributed by atoms with van der Waals surface area (Å²) in [5.41, 5.74) is -0.770.